The molecule has 0 N–H and O–H groups in total. The molecule has 0 saturated carbocycles. The first-order valence-corrected chi connectivity index (χ1v) is 3.28. The minimum Gasteiger partial charge on any atom is -0.258 e. The fraction of sp³-hybridized carbons (Fsp3) is 0.200. The smallest absolute Gasteiger partial charge is 0.258 e. The molecule has 1 aromatic heterocycles. The monoisotopic (exact) mass is 143 g/mol. The van der Waals surface area contributed by atoms with Gasteiger partial charge >= 0.3 is 0 Å². The van der Waals surface area contributed by atoms with Crippen molar-refractivity contribution in [2.75, 3.05) is 0 Å². The highest BCUT2D eigenvalue weighted by atomic mass is 32.1. The molecule has 1 heterocycles. The molecule has 0 saturated heterocycles. The highest BCUT2D eigenvalue weighted by Gasteiger charge is 2.08. The van der Waals surface area contributed by atoms with Crippen molar-refractivity contribution >= 4 is 17.0 Å². The number of rotatable bonds is 1. The number of thiophene rings is 1. The van der Waals surface area contributed by atoms with Crippen LogP contribution in [0.4, 0.5) is 5.69 Å². The standard InChI is InChI=1S/C5H5NO2S/c1-4-5(6(7)8)2-3-9-4/h2-3H,1H3. The summed E-state index contributed by atoms with van der Waals surface area (Å²) in [5.74, 6) is 0. The third kappa shape index (κ3) is 1.08. The summed E-state index contributed by atoms with van der Waals surface area (Å²) < 4.78 is 0. The lowest BCUT2D eigenvalue weighted by Crippen LogP contribution is -1.85. The molecule has 3 nitrogen and oxygen atoms in total. The van der Waals surface area contributed by atoms with Crippen LogP contribution in [0.25, 0.3) is 0 Å². The average Bonchev–Trinajstić information content (AvgIpc) is 2.13. The number of hydrogen-bond donors (Lipinski definition) is 0. The predicted molar refractivity (Wildman–Crippen MR) is 35.7 cm³/mol. The van der Waals surface area contributed by atoms with E-state index in [2.05, 4.69) is 0 Å². The first kappa shape index (κ1) is 6.22. The molecule has 0 fully saturated rings. The third-order valence-electron chi connectivity index (χ3n) is 1.03. The van der Waals surface area contributed by atoms with Crippen molar-refractivity contribution in [1.29, 1.82) is 0 Å². The second-order valence-corrected chi connectivity index (χ2v) is 2.74. The van der Waals surface area contributed by atoms with Gasteiger partial charge in [0.25, 0.3) is 5.69 Å². The van der Waals surface area contributed by atoms with Crippen molar-refractivity contribution in [2.24, 2.45) is 0 Å². The van der Waals surface area contributed by atoms with Gasteiger partial charge in [-0.15, -0.1) is 11.3 Å². The Kier molecular flexibility index (Phi) is 1.48. The van der Waals surface area contributed by atoms with E-state index in [9.17, 15) is 10.1 Å². The summed E-state index contributed by atoms with van der Waals surface area (Å²) >= 11 is 1.39. The van der Waals surface area contributed by atoms with Crippen molar-refractivity contribution in [3.8, 4) is 0 Å². The zero-order chi connectivity index (χ0) is 6.85. The second-order valence-electron chi connectivity index (χ2n) is 1.62. The summed E-state index contributed by atoms with van der Waals surface area (Å²) in [5, 5.41) is 11.8. The predicted octanol–water partition coefficient (Wildman–Crippen LogP) is 1.96. The molecule has 0 atom stereocenters. The molecule has 0 aliphatic heterocycles. The minimum atomic E-state index is -0.369. The van der Waals surface area contributed by atoms with Crippen molar-refractivity contribution < 1.29 is 4.92 Å². The molecule has 4 heteroatoms. The number of nitrogens with zero attached hydrogens (tertiary/aromatic N) is 1. The molecule has 0 radical (unpaired) electrons. The van der Waals surface area contributed by atoms with Gasteiger partial charge in [-0.2, -0.15) is 0 Å². The van der Waals surface area contributed by atoms with Gasteiger partial charge in [0.2, 0.25) is 0 Å². The summed E-state index contributed by atoms with van der Waals surface area (Å²) in [6.45, 7) is 1.74. The van der Waals surface area contributed by atoms with Crippen LogP contribution in [0.5, 0.6) is 0 Å². The van der Waals surface area contributed by atoms with Crippen molar-refractivity contribution in [3.63, 3.8) is 0 Å². The molecular weight excluding hydrogens is 138 g/mol. The third-order valence-corrected chi connectivity index (χ3v) is 1.86. The van der Waals surface area contributed by atoms with E-state index in [1.165, 1.54) is 17.4 Å². The fourth-order valence-corrected chi connectivity index (χ4v) is 1.23. The van der Waals surface area contributed by atoms with Crippen LogP contribution >= 0.6 is 11.3 Å². The number of aryl methyl sites for hydroxylation is 1. The van der Waals surface area contributed by atoms with Crippen LogP contribution in [-0.4, -0.2) is 4.92 Å². The van der Waals surface area contributed by atoms with E-state index >= 15 is 0 Å². The van der Waals surface area contributed by atoms with Gasteiger partial charge in [-0.25, -0.2) is 0 Å². The number of nitro groups is 1. The molecule has 0 unspecified atom stereocenters. The molecule has 0 aliphatic carbocycles. The summed E-state index contributed by atoms with van der Waals surface area (Å²) in [5.41, 5.74) is 0.222. The molecule has 48 valence electrons. The van der Waals surface area contributed by atoms with Crippen LogP contribution < -0.4 is 0 Å². The molecule has 0 spiro atoms. The Morgan fingerprint density at radius 3 is 2.67 bits per heavy atom. The van der Waals surface area contributed by atoms with Gasteiger partial charge in [0.15, 0.2) is 0 Å². The van der Waals surface area contributed by atoms with Gasteiger partial charge < -0.3 is 0 Å². The molecule has 0 aromatic carbocycles. The molecular formula is C5H5NO2S. The van der Waals surface area contributed by atoms with Gasteiger partial charge in [0.05, 0.1) is 9.80 Å². The van der Waals surface area contributed by atoms with E-state index in [1.54, 1.807) is 12.3 Å². The average molecular weight is 143 g/mol. The Hall–Kier alpha value is -0.900. The topological polar surface area (TPSA) is 43.1 Å². The quantitative estimate of drug-likeness (QED) is 0.445. The molecule has 0 amide bonds. The van der Waals surface area contributed by atoms with Gasteiger partial charge in [0, 0.05) is 6.07 Å². The van der Waals surface area contributed by atoms with E-state index in [-0.39, 0.29) is 10.6 Å². The lowest BCUT2D eigenvalue weighted by molar-refractivity contribution is -0.385. The lowest BCUT2D eigenvalue weighted by atomic mass is 10.4. The second kappa shape index (κ2) is 2.14. The summed E-state index contributed by atoms with van der Waals surface area (Å²) in [6, 6.07) is 1.51. The first-order valence-electron chi connectivity index (χ1n) is 2.40. The first-order chi connectivity index (χ1) is 4.22. The Morgan fingerprint density at radius 2 is 2.44 bits per heavy atom. The van der Waals surface area contributed by atoms with E-state index in [0.717, 1.165) is 4.88 Å². The normalized spacial score (nSPS) is 9.44. The van der Waals surface area contributed by atoms with Crippen LogP contribution in [0.15, 0.2) is 11.4 Å². The van der Waals surface area contributed by atoms with Crippen molar-refractivity contribution in [3.05, 3.63) is 26.4 Å². The van der Waals surface area contributed by atoms with Gasteiger partial charge in [-0.05, 0) is 12.3 Å². The van der Waals surface area contributed by atoms with E-state index in [1.807, 2.05) is 0 Å². The zero-order valence-corrected chi connectivity index (χ0v) is 5.64. The largest absolute Gasteiger partial charge is 0.282 e. The van der Waals surface area contributed by atoms with Crippen LogP contribution in [0, 0.1) is 17.0 Å². The maximum absolute atomic E-state index is 10.1. The molecule has 9 heavy (non-hydrogen) atoms. The molecule has 0 aliphatic rings. The molecule has 1 rings (SSSR count). The van der Waals surface area contributed by atoms with Crippen molar-refractivity contribution in [2.45, 2.75) is 6.92 Å². The van der Waals surface area contributed by atoms with Gasteiger partial charge in [-0.3, -0.25) is 10.1 Å². The van der Waals surface area contributed by atoms with Crippen LogP contribution in [-0.2, 0) is 0 Å². The minimum absolute atomic E-state index is 0.222. The Balaban J connectivity index is 3.08. The van der Waals surface area contributed by atoms with Gasteiger partial charge in [0.1, 0.15) is 0 Å². The fourth-order valence-electron chi connectivity index (χ4n) is 0.568. The molecule has 0 bridgehead atoms. The Labute approximate surface area is 56.1 Å². The SMILES string of the molecule is Cc1sccc1[N+](=O)[O-]. The maximum Gasteiger partial charge on any atom is 0.282 e. The Morgan fingerprint density at radius 1 is 1.78 bits per heavy atom. The van der Waals surface area contributed by atoms with Gasteiger partial charge in [-0.1, -0.05) is 0 Å². The number of hydrogen-bond acceptors (Lipinski definition) is 3. The van der Waals surface area contributed by atoms with Crippen LogP contribution in [0.1, 0.15) is 4.88 Å². The summed E-state index contributed by atoms with van der Waals surface area (Å²) in [7, 11) is 0. The Bertz CT molecular complexity index is 231. The zero-order valence-electron chi connectivity index (χ0n) is 4.83. The van der Waals surface area contributed by atoms with E-state index in [0.29, 0.717) is 0 Å². The highest BCUT2D eigenvalue weighted by molar-refractivity contribution is 7.10. The van der Waals surface area contributed by atoms with Crippen molar-refractivity contribution in [1.82, 2.24) is 0 Å². The molecule has 1 aromatic rings. The maximum atomic E-state index is 10.1. The van der Waals surface area contributed by atoms with E-state index in [4.69, 9.17) is 0 Å². The highest BCUT2D eigenvalue weighted by Crippen LogP contribution is 2.22. The summed E-state index contributed by atoms with van der Waals surface area (Å²) in [4.78, 5) is 10.5. The van der Waals surface area contributed by atoms with Crippen LogP contribution in [0.3, 0.4) is 0 Å². The van der Waals surface area contributed by atoms with Crippen LogP contribution in [0.2, 0.25) is 0 Å². The summed E-state index contributed by atoms with van der Waals surface area (Å²) in [6.07, 6.45) is 0. The lowest BCUT2D eigenvalue weighted by Gasteiger charge is -1.83. The van der Waals surface area contributed by atoms with E-state index < -0.39 is 0 Å².